The Morgan fingerprint density at radius 2 is 2.45 bits per heavy atom. The van der Waals surface area contributed by atoms with Crippen molar-refractivity contribution in [3.8, 4) is 0 Å². The lowest BCUT2D eigenvalue weighted by atomic mass is 9.73. The zero-order valence-electron chi connectivity index (χ0n) is 6.14. The number of methoxy groups -OCH3 is 1. The van der Waals surface area contributed by atoms with E-state index < -0.39 is 12.9 Å². The summed E-state index contributed by atoms with van der Waals surface area (Å²) in [5, 5.41) is 17.4. The van der Waals surface area contributed by atoms with Crippen LogP contribution in [0.4, 0.5) is 0 Å². The highest BCUT2D eigenvalue weighted by Crippen LogP contribution is 2.08. The second-order valence-electron chi connectivity index (χ2n) is 2.18. The molecule has 0 saturated heterocycles. The standard InChI is InChI=1S/C5H9BN2O3/c1-11-5-7-2-4(3-8-5)6(9)10/h2,4,9-10H,3H2,1H3. The van der Waals surface area contributed by atoms with E-state index in [1.54, 1.807) is 0 Å². The van der Waals surface area contributed by atoms with E-state index in [0.29, 0.717) is 6.54 Å². The summed E-state index contributed by atoms with van der Waals surface area (Å²) in [5.74, 6) is -0.408. The van der Waals surface area contributed by atoms with Crippen LogP contribution in [0.25, 0.3) is 0 Å². The molecule has 0 aliphatic carbocycles. The minimum Gasteiger partial charge on any atom is -0.467 e. The van der Waals surface area contributed by atoms with Crippen LogP contribution >= 0.6 is 0 Å². The van der Waals surface area contributed by atoms with Crippen LogP contribution < -0.4 is 0 Å². The molecule has 0 amide bonds. The van der Waals surface area contributed by atoms with Gasteiger partial charge in [0.1, 0.15) is 0 Å². The van der Waals surface area contributed by atoms with Gasteiger partial charge in [0.05, 0.1) is 13.7 Å². The zero-order valence-corrected chi connectivity index (χ0v) is 6.14. The van der Waals surface area contributed by atoms with Crippen molar-refractivity contribution >= 4 is 19.4 Å². The normalized spacial score (nSPS) is 22.8. The van der Waals surface area contributed by atoms with Crippen LogP contribution in [0, 0.1) is 0 Å². The molecule has 0 aromatic rings. The second-order valence-corrected chi connectivity index (χ2v) is 2.18. The van der Waals surface area contributed by atoms with Crippen molar-refractivity contribution in [1.29, 1.82) is 0 Å². The van der Waals surface area contributed by atoms with E-state index in [2.05, 4.69) is 9.98 Å². The first-order chi connectivity index (χ1) is 5.24. The van der Waals surface area contributed by atoms with Gasteiger partial charge in [-0.15, -0.1) is 0 Å². The van der Waals surface area contributed by atoms with Crippen LogP contribution in [-0.4, -0.2) is 43.1 Å². The minimum absolute atomic E-state index is 0.280. The number of hydrogen-bond acceptors (Lipinski definition) is 5. The molecule has 1 aliphatic rings. The van der Waals surface area contributed by atoms with Gasteiger partial charge in [-0.2, -0.15) is 0 Å². The maximum Gasteiger partial charge on any atom is 0.462 e. The average molecular weight is 156 g/mol. The minimum atomic E-state index is -1.39. The number of hydrogen-bond donors (Lipinski definition) is 2. The van der Waals surface area contributed by atoms with E-state index in [9.17, 15) is 0 Å². The van der Waals surface area contributed by atoms with Crippen molar-refractivity contribution in [2.24, 2.45) is 9.98 Å². The molecule has 0 radical (unpaired) electrons. The summed E-state index contributed by atoms with van der Waals surface area (Å²) in [6.07, 6.45) is 1.43. The molecule has 0 bridgehead atoms. The maximum atomic E-state index is 8.69. The molecular weight excluding hydrogens is 147 g/mol. The van der Waals surface area contributed by atoms with Crippen molar-refractivity contribution in [3.63, 3.8) is 0 Å². The first kappa shape index (κ1) is 8.22. The van der Waals surface area contributed by atoms with Crippen LogP contribution in [0.1, 0.15) is 0 Å². The van der Waals surface area contributed by atoms with E-state index in [1.807, 2.05) is 0 Å². The maximum absolute atomic E-state index is 8.69. The van der Waals surface area contributed by atoms with Crippen LogP contribution in [0.5, 0.6) is 0 Å². The Kier molecular flexibility index (Phi) is 2.61. The predicted molar refractivity (Wildman–Crippen MR) is 41.7 cm³/mol. The number of amidine groups is 1. The van der Waals surface area contributed by atoms with Gasteiger partial charge in [-0.1, -0.05) is 0 Å². The van der Waals surface area contributed by atoms with Crippen LogP contribution in [0.2, 0.25) is 5.82 Å². The molecule has 1 rings (SSSR count). The van der Waals surface area contributed by atoms with Gasteiger partial charge < -0.3 is 14.8 Å². The van der Waals surface area contributed by atoms with E-state index in [4.69, 9.17) is 14.8 Å². The van der Waals surface area contributed by atoms with Gasteiger partial charge in [-0.3, -0.25) is 0 Å². The summed E-state index contributed by atoms with van der Waals surface area (Å²) in [5.41, 5.74) is 0. The second kappa shape index (κ2) is 3.50. The van der Waals surface area contributed by atoms with Gasteiger partial charge in [-0.25, -0.2) is 9.98 Å². The van der Waals surface area contributed by atoms with Crippen molar-refractivity contribution in [1.82, 2.24) is 0 Å². The molecule has 1 aliphatic heterocycles. The monoisotopic (exact) mass is 156 g/mol. The average Bonchev–Trinajstić information content (AvgIpc) is 2.05. The van der Waals surface area contributed by atoms with Crippen molar-refractivity contribution < 1.29 is 14.8 Å². The fraction of sp³-hybridized carbons (Fsp3) is 0.600. The molecule has 1 atom stereocenters. The molecule has 5 nitrogen and oxygen atoms in total. The largest absolute Gasteiger partial charge is 0.467 e. The Labute approximate surface area is 64.6 Å². The van der Waals surface area contributed by atoms with Crippen LogP contribution in [-0.2, 0) is 4.74 Å². The lowest BCUT2D eigenvalue weighted by molar-refractivity contribution is 0.385. The Bertz CT molecular complexity index is 192. The van der Waals surface area contributed by atoms with Gasteiger partial charge in [0.15, 0.2) is 0 Å². The highest BCUT2D eigenvalue weighted by molar-refractivity contribution is 6.48. The van der Waals surface area contributed by atoms with Gasteiger partial charge in [-0.05, 0) is 0 Å². The highest BCUT2D eigenvalue weighted by Gasteiger charge is 2.23. The van der Waals surface area contributed by atoms with Crippen molar-refractivity contribution in [3.05, 3.63) is 0 Å². The van der Waals surface area contributed by atoms with E-state index in [1.165, 1.54) is 13.3 Å². The summed E-state index contributed by atoms with van der Waals surface area (Å²) in [7, 11) is 0.0761. The lowest BCUT2D eigenvalue weighted by Gasteiger charge is -2.11. The Balaban J connectivity index is 2.50. The lowest BCUT2D eigenvalue weighted by Crippen LogP contribution is -2.26. The van der Waals surface area contributed by atoms with Crippen molar-refractivity contribution in [2.45, 2.75) is 5.82 Å². The first-order valence-corrected chi connectivity index (χ1v) is 3.23. The third-order valence-electron chi connectivity index (χ3n) is 1.38. The van der Waals surface area contributed by atoms with Gasteiger partial charge >= 0.3 is 13.1 Å². The smallest absolute Gasteiger partial charge is 0.462 e. The zero-order chi connectivity index (χ0) is 8.27. The Morgan fingerprint density at radius 1 is 1.73 bits per heavy atom. The molecule has 2 N–H and O–H groups in total. The molecule has 0 fully saturated rings. The topological polar surface area (TPSA) is 74.4 Å². The fourth-order valence-corrected chi connectivity index (χ4v) is 0.719. The molecule has 1 unspecified atom stereocenters. The number of aliphatic imine (C=N–C) groups is 2. The van der Waals surface area contributed by atoms with Gasteiger partial charge in [0, 0.05) is 12.0 Å². The first-order valence-electron chi connectivity index (χ1n) is 3.23. The summed E-state index contributed by atoms with van der Waals surface area (Å²) in [6.45, 7) is 0.310. The van der Waals surface area contributed by atoms with E-state index >= 15 is 0 Å². The molecule has 11 heavy (non-hydrogen) atoms. The van der Waals surface area contributed by atoms with Crippen LogP contribution in [0.3, 0.4) is 0 Å². The Morgan fingerprint density at radius 3 is 2.82 bits per heavy atom. The number of rotatable bonds is 1. The molecular formula is C5H9BN2O3. The number of ether oxygens (including phenoxy) is 1. The molecule has 60 valence electrons. The van der Waals surface area contributed by atoms with Crippen molar-refractivity contribution in [2.75, 3.05) is 13.7 Å². The van der Waals surface area contributed by atoms with Gasteiger partial charge in [0.2, 0.25) is 0 Å². The molecule has 0 spiro atoms. The summed E-state index contributed by atoms with van der Waals surface area (Å²) >= 11 is 0. The van der Waals surface area contributed by atoms with E-state index in [0.717, 1.165) is 0 Å². The van der Waals surface area contributed by atoms with Crippen LogP contribution in [0.15, 0.2) is 9.98 Å². The third kappa shape index (κ3) is 2.02. The SMILES string of the molecule is COC1=NCC(B(O)O)C=N1. The predicted octanol–water partition coefficient (Wildman–Crippen LogP) is -1.08. The molecule has 1 heterocycles. The highest BCUT2D eigenvalue weighted by atomic mass is 16.5. The molecule has 0 saturated carbocycles. The number of nitrogens with zero attached hydrogens (tertiary/aromatic N) is 2. The quantitative estimate of drug-likeness (QED) is 0.474. The molecule has 0 aromatic carbocycles. The summed E-state index contributed by atoms with van der Waals surface area (Å²) in [4.78, 5) is 7.56. The Hall–Kier alpha value is -0.875. The fourth-order valence-electron chi connectivity index (χ4n) is 0.719. The summed E-state index contributed by atoms with van der Waals surface area (Å²) < 4.78 is 4.71. The molecule has 0 aromatic heterocycles. The van der Waals surface area contributed by atoms with E-state index in [-0.39, 0.29) is 6.02 Å². The summed E-state index contributed by atoms with van der Waals surface area (Å²) in [6, 6.07) is 0.280. The third-order valence-corrected chi connectivity index (χ3v) is 1.38. The van der Waals surface area contributed by atoms with Gasteiger partial charge in [0.25, 0.3) is 0 Å². The molecule has 6 heteroatoms.